The van der Waals surface area contributed by atoms with Crippen LogP contribution in [0.5, 0.6) is 0 Å². The summed E-state index contributed by atoms with van der Waals surface area (Å²) in [5, 5.41) is 0.758. The van der Waals surface area contributed by atoms with Gasteiger partial charge in [0.2, 0.25) is 0 Å². The molecule has 0 amide bonds. The van der Waals surface area contributed by atoms with Crippen molar-refractivity contribution in [2.45, 2.75) is 39.2 Å². The lowest BCUT2D eigenvalue weighted by Gasteiger charge is -2.26. The zero-order valence-corrected chi connectivity index (χ0v) is 10.5. The van der Waals surface area contributed by atoms with Crippen molar-refractivity contribution in [3.05, 3.63) is 34.9 Å². The van der Waals surface area contributed by atoms with Gasteiger partial charge in [0.15, 0.2) is 0 Å². The summed E-state index contributed by atoms with van der Waals surface area (Å²) in [5.41, 5.74) is 7.15. The van der Waals surface area contributed by atoms with Gasteiger partial charge in [-0.1, -0.05) is 37.6 Å². The molecule has 1 aromatic rings. The molecule has 0 radical (unpaired) electrons. The first kappa shape index (κ1) is 12.5. The molecule has 15 heavy (non-hydrogen) atoms. The topological polar surface area (TPSA) is 26.0 Å². The van der Waals surface area contributed by atoms with Crippen LogP contribution in [0.2, 0.25) is 5.02 Å². The molecule has 0 aromatic heterocycles. The molecule has 0 spiro atoms. The Hall–Kier alpha value is -0.530. The fourth-order valence-corrected chi connectivity index (χ4v) is 1.77. The molecule has 1 unspecified atom stereocenters. The van der Waals surface area contributed by atoms with Gasteiger partial charge in [-0.3, -0.25) is 0 Å². The minimum absolute atomic E-state index is 0.269. The molecule has 0 saturated heterocycles. The summed E-state index contributed by atoms with van der Waals surface area (Å²) in [4.78, 5) is 0. The first-order valence-electron chi connectivity index (χ1n) is 5.47. The van der Waals surface area contributed by atoms with Crippen LogP contribution in [-0.2, 0) is 5.54 Å². The van der Waals surface area contributed by atoms with Gasteiger partial charge in [0.1, 0.15) is 0 Å². The Morgan fingerprint density at radius 1 is 1.40 bits per heavy atom. The molecule has 0 bridgehead atoms. The van der Waals surface area contributed by atoms with Crippen LogP contribution in [0.3, 0.4) is 0 Å². The van der Waals surface area contributed by atoms with Crippen LogP contribution in [0, 0.1) is 5.92 Å². The van der Waals surface area contributed by atoms with E-state index in [1.54, 1.807) is 0 Å². The molecule has 1 rings (SSSR count). The fourth-order valence-electron chi connectivity index (χ4n) is 1.58. The van der Waals surface area contributed by atoms with Crippen LogP contribution in [0.25, 0.3) is 0 Å². The first-order chi connectivity index (χ1) is 6.92. The Kier molecular flexibility index (Phi) is 4.18. The van der Waals surface area contributed by atoms with E-state index in [2.05, 4.69) is 20.8 Å². The van der Waals surface area contributed by atoms with Crippen molar-refractivity contribution < 1.29 is 0 Å². The molecule has 1 aromatic carbocycles. The molecular formula is C13H20ClN. The fraction of sp³-hybridized carbons (Fsp3) is 0.538. The molecule has 84 valence electrons. The number of nitrogens with two attached hydrogens (primary N) is 1. The number of halogens is 1. The second-order valence-corrected chi connectivity index (χ2v) is 5.30. The van der Waals surface area contributed by atoms with Crippen LogP contribution in [0.15, 0.2) is 24.3 Å². The van der Waals surface area contributed by atoms with Gasteiger partial charge >= 0.3 is 0 Å². The van der Waals surface area contributed by atoms with Gasteiger partial charge in [-0.2, -0.15) is 0 Å². The van der Waals surface area contributed by atoms with Crippen molar-refractivity contribution in [2.75, 3.05) is 0 Å². The summed E-state index contributed by atoms with van der Waals surface area (Å²) in [6, 6.07) is 7.84. The summed E-state index contributed by atoms with van der Waals surface area (Å²) < 4.78 is 0. The lowest BCUT2D eigenvalue weighted by Crippen LogP contribution is -2.33. The van der Waals surface area contributed by atoms with Crippen LogP contribution < -0.4 is 5.73 Å². The molecule has 1 atom stereocenters. The van der Waals surface area contributed by atoms with Crippen LogP contribution >= 0.6 is 11.6 Å². The molecule has 0 fully saturated rings. The predicted molar refractivity (Wildman–Crippen MR) is 67.1 cm³/mol. The van der Waals surface area contributed by atoms with E-state index < -0.39 is 0 Å². The third-order valence-corrected chi connectivity index (χ3v) is 2.96. The van der Waals surface area contributed by atoms with E-state index in [-0.39, 0.29) is 5.54 Å². The van der Waals surface area contributed by atoms with Crippen LogP contribution in [0.1, 0.15) is 39.2 Å². The van der Waals surface area contributed by atoms with Crippen molar-refractivity contribution >= 4 is 11.6 Å². The third kappa shape index (κ3) is 3.84. The molecule has 2 N–H and O–H groups in total. The molecule has 0 aliphatic carbocycles. The average Bonchev–Trinajstić information content (AvgIpc) is 2.15. The third-order valence-electron chi connectivity index (χ3n) is 2.73. The van der Waals surface area contributed by atoms with Gasteiger partial charge < -0.3 is 5.73 Å². The predicted octanol–water partition coefficient (Wildman–Crippen LogP) is 3.95. The number of hydrogen-bond donors (Lipinski definition) is 1. The zero-order chi connectivity index (χ0) is 11.5. The molecule has 0 saturated carbocycles. The van der Waals surface area contributed by atoms with Gasteiger partial charge in [0.25, 0.3) is 0 Å². The summed E-state index contributed by atoms with van der Waals surface area (Å²) >= 11 is 5.96. The maximum absolute atomic E-state index is 6.30. The molecule has 0 aliphatic rings. The van der Waals surface area contributed by atoms with Crippen LogP contribution in [-0.4, -0.2) is 0 Å². The monoisotopic (exact) mass is 225 g/mol. The van der Waals surface area contributed by atoms with Crippen molar-refractivity contribution in [1.82, 2.24) is 0 Å². The Morgan fingerprint density at radius 2 is 2.07 bits per heavy atom. The van der Waals surface area contributed by atoms with Crippen molar-refractivity contribution in [3.63, 3.8) is 0 Å². The maximum Gasteiger partial charge on any atom is 0.0409 e. The minimum Gasteiger partial charge on any atom is -0.322 e. The van der Waals surface area contributed by atoms with Gasteiger partial charge in [0.05, 0.1) is 0 Å². The van der Waals surface area contributed by atoms with E-state index in [4.69, 9.17) is 17.3 Å². The summed E-state index contributed by atoms with van der Waals surface area (Å²) in [7, 11) is 0. The molecular weight excluding hydrogens is 206 g/mol. The lowest BCUT2D eigenvalue weighted by molar-refractivity contribution is 0.396. The highest BCUT2D eigenvalue weighted by Gasteiger charge is 2.21. The van der Waals surface area contributed by atoms with Gasteiger partial charge in [0, 0.05) is 10.6 Å². The summed E-state index contributed by atoms with van der Waals surface area (Å²) in [6.07, 6.45) is 2.13. The van der Waals surface area contributed by atoms with Gasteiger partial charge in [-0.05, 0) is 43.4 Å². The molecule has 2 heteroatoms. The molecule has 0 aliphatic heterocycles. The minimum atomic E-state index is -0.269. The normalized spacial score (nSPS) is 15.3. The first-order valence-corrected chi connectivity index (χ1v) is 5.84. The molecule has 1 nitrogen and oxygen atoms in total. The second kappa shape index (κ2) is 5.00. The smallest absolute Gasteiger partial charge is 0.0409 e. The highest BCUT2D eigenvalue weighted by atomic mass is 35.5. The van der Waals surface area contributed by atoms with Gasteiger partial charge in [-0.25, -0.2) is 0 Å². The molecule has 0 heterocycles. The Labute approximate surface area is 97.6 Å². The highest BCUT2D eigenvalue weighted by molar-refractivity contribution is 6.30. The standard InChI is InChI=1S/C13H20ClN/c1-10(2)7-8-13(3,15)11-5-4-6-12(14)9-11/h4-6,9-10H,7-8,15H2,1-3H3. The largest absolute Gasteiger partial charge is 0.322 e. The summed E-state index contributed by atoms with van der Waals surface area (Å²) in [5.74, 6) is 0.687. The summed E-state index contributed by atoms with van der Waals surface area (Å²) in [6.45, 7) is 6.50. The van der Waals surface area contributed by atoms with Crippen molar-refractivity contribution in [1.29, 1.82) is 0 Å². The maximum atomic E-state index is 6.30. The SMILES string of the molecule is CC(C)CCC(C)(N)c1cccc(Cl)c1. The lowest BCUT2D eigenvalue weighted by atomic mass is 9.86. The quantitative estimate of drug-likeness (QED) is 0.825. The highest BCUT2D eigenvalue weighted by Crippen LogP contribution is 2.26. The number of hydrogen-bond acceptors (Lipinski definition) is 1. The number of rotatable bonds is 4. The van der Waals surface area contributed by atoms with Crippen LogP contribution in [0.4, 0.5) is 0 Å². The number of benzene rings is 1. The average molecular weight is 226 g/mol. The van der Waals surface area contributed by atoms with E-state index >= 15 is 0 Å². The van der Waals surface area contributed by atoms with E-state index in [9.17, 15) is 0 Å². The van der Waals surface area contributed by atoms with E-state index in [0.29, 0.717) is 5.92 Å². The Bertz CT molecular complexity index is 318. The van der Waals surface area contributed by atoms with Crippen molar-refractivity contribution in [2.24, 2.45) is 11.7 Å². The second-order valence-electron chi connectivity index (χ2n) is 4.86. The van der Waals surface area contributed by atoms with Crippen molar-refractivity contribution in [3.8, 4) is 0 Å². The van der Waals surface area contributed by atoms with E-state index in [1.807, 2.05) is 24.3 Å². The van der Waals surface area contributed by atoms with Gasteiger partial charge in [-0.15, -0.1) is 0 Å². The Balaban J connectivity index is 2.76. The van der Waals surface area contributed by atoms with E-state index in [0.717, 1.165) is 23.4 Å². The Morgan fingerprint density at radius 3 is 2.60 bits per heavy atom. The van der Waals surface area contributed by atoms with E-state index in [1.165, 1.54) is 0 Å². The zero-order valence-electron chi connectivity index (χ0n) is 9.76.